The van der Waals surface area contributed by atoms with E-state index in [9.17, 15) is 14.4 Å². The van der Waals surface area contributed by atoms with Crippen LogP contribution in [-0.4, -0.2) is 41.1 Å². The van der Waals surface area contributed by atoms with E-state index in [1.807, 2.05) is 37.3 Å². The van der Waals surface area contributed by atoms with Gasteiger partial charge in [-0.25, -0.2) is 0 Å². The zero-order valence-electron chi connectivity index (χ0n) is 19.9. The van der Waals surface area contributed by atoms with E-state index in [0.29, 0.717) is 22.2 Å². The second-order valence-electron chi connectivity index (χ2n) is 9.59. The van der Waals surface area contributed by atoms with Crippen LogP contribution >= 0.6 is 23.4 Å². The van der Waals surface area contributed by atoms with Crippen molar-refractivity contribution in [2.24, 2.45) is 0 Å². The van der Waals surface area contributed by atoms with Gasteiger partial charge in [-0.1, -0.05) is 30.7 Å². The number of hydrogen-bond acceptors (Lipinski definition) is 5. The van der Waals surface area contributed by atoms with Crippen molar-refractivity contribution in [3.63, 3.8) is 0 Å². The third-order valence-corrected chi connectivity index (χ3v) is 7.75. The molecule has 0 bridgehead atoms. The molecule has 0 saturated carbocycles. The first-order valence-electron chi connectivity index (χ1n) is 11.2. The van der Waals surface area contributed by atoms with E-state index < -0.39 is 17.1 Å². The van der Waals surface area contributed by atoms with Crippen LogP contribution in [0.2, 0.25) is 5.02 Å². The molecular formula is C26H28ClN3O3S. The summed E-state index contributed by atoms with van der Waals surface area (Å²) in [5.74, 6) is -0.596. The summed E-state index contributed by atoms with van der Waals surface area (Å²) >= 11 is 7.42. The highest BCUT2D eigenvalue weighted by Gasteiger charge is 2.37. The van der Waals surface area contributed by atoms with Gasteiger partial charge in [-0.3, -0.25) is 19.3 Å². The van der Waals surface area contributed by atoms with Gasteiger partial charge in [0.2, 0.25) is 5.91 Å². The SMILES string of the molecule is Cc1cccc(NC(=O)CN2C(=O)S/C(=C\c3cc4c(cc3Cl)N(C)C(C)(C)C[C@H]4C)C2=O)c1. The molecule has 4 rings (SSSR count). The number of benzene rings is 2. The molecular weight excluding hydrogens is 470 g/mol. The van der Waals surface area contributed by atoms with E-state index in [1.54, 1.807) is 12.1 Å². The predicted octanol–water partition coefficient (Wildman–Crippen LogP) is 6.05. The van der Waals surface area contributed by atoms with Gasteiger partial charge >= 0.3 is 0 Å². The van der Waals surface area contributed by atoms with Crippen LogP contribution in [0.25, 0.3) is 6.08 Å². The third-order valence-electron chi connectivity index (χ3n) is 6.52. The lowest BCUT2D eigenvalue weighted by Gasteiger charge is -2.45. The Kier molecular flexibility index (Phi) is 6.53. The molecule has 2 aromatic rings. The maximum atomic E-state index is 12.9. The van der Waals surface area contributed by atoms with Gasteiger partial charge < -0.3 is 10.2 Å². The average molecular weight is 498 g/mol. The number of nitrogens with zero attached hydrogens (tertiary/aromatic N) is 2. The minimum atomic E-state index is -0.491. The largest absolute Gasteiger partial charge is 0.369 e. The molecule has 0 radical (unpaired) electrons. The Morgan fingerprint density at radius 1 is 1.26 bits per heavy atom. The summed E-state index contributed by atoms with van der Waals surface area (Å²) in [6, 6.07) is 11.3. The Bertz CT molecular complexity index is 1220. The van der Waals surface area contributed by atoms with Crippen molar-refractivity contribution in [1.82, 2.24) is 4.90 Å². The maximum Gasteiger partial charge on any atom is 0.294 e. The number of imide groups is 1. The highest BCUT2D eigenvalue weighted by atomic mass is 35.5. The lowest BCUT2D eigenvalue weighted by molar-refractivity contribution is -0.127. The van der Waals surface area contributed by atoms with E-state index >= 15 is 0 Å². The minimum absolute atomic E-state index is 0.0128. The maximum absolute atomic E-state index is 12.9. The third kappa shape index (κ3) is 4.72. The van der Waals surface area contributed by atoms with Crippen LogP contribution in [0.1, 0.15) is 49.8 Å². The number of carbonyl (C=O) groups excluding carboxylic acids is 3. The van der Waals surface area contributed by atoms with Crippen molar-refractivity contribution in [1.29, 1.82) is 0 Å². The van der Waals surface area contributed by atoms with Gasteiger partial charge in [-0.05, 0) is 91.9 Å². The zero-order valence-corrected chi connectivity index (χ0v) is 21.5. The van der Waals surface area contributed by atoms with Gasteiger partial charge in [0, 0.05) is 29.0 Å². The number of rotatable bonds is 4. The van der Waals surface area contributed by atoms with Gasteiger partial charge in [0.1, 0.15) is 6.54 Å². The Morgan fingerprint density at radius 3 is 2.71 bits per heavy atom. The molecule has 34 heavy (non-hydrogen) atoms. The molecule has 178 valence electrons. The summed E-state index contributed by atoms with van der Waals surface area (Å²) < 4.78 is 0. The van der Waals surface area contributed by atoms with Crippen LogP contribution < -0.4 is 10.2 Å². The topological polar surface area (TPSA) is 69.7 Å². The summed E-state index contributed by atoms with van der Waals surface area (Å²) in [4.78, 5) is 41.4. The van der Waals surface area contributed by atoms with Crippen LogP contribution in [0.4, 0.5) is 16.2 Å². The Labute approximate surface area is 209 Å². The normalized spacial score (nSPS) is 20.6. The van der Waals surface area contributed by atoms with E-state index in [1.165, 1.54) is 0 Å². The predicted molar refractivity (Wildman–Crippen MR) is 139 cm³/mol. The molecule has 8 heteroatoms. The zero-order chi connectivity index (χ0) is 24.8. The fourth-order valence-electron chi connectivity index (χ4n) is 4.56. The number of carbonyl (C=O) groups is 3. The lowest BCUT2D eigenvalue weighted by atomic mass is 9.80. The molecule has 1 saturated heterocycles. The first kappa shape index (κ1) is 24.4. The highest BCUT2D eigenvalue weighted by molar-refractivity contribution is 8.18. The molecule has 0 unspecified atom stereocenters. The van der Waals surface area contributed by atoms with Gasteiger partial charge in [-0.15, -0.1) is 0 Å². The van der Waals surface area contributed by atoms with Gasteiger partial charge in [0.05, 0.1) is 4.91 Å². The van der Waals surface area contributed by atoms with E-state index in [4.69, 9.17) is 11.6 Å². The van der Waals surface area contributed by atoms with Crippen molar-refractivity contribution >= 4 is 57.9 Å². The number of halogens is 1. The first-order chi connectivity index (χ1) is 16.0. The summed E-state index contributed by atoms with van der Waals surface area (Å²) in [7, 11) is 2.06. The van der Waals surface area contributed by atoms with Gasteiger partial charge in [0.25, 0.3) is 11.1 Å². The summed E-state index contributed by atoms with van der Waals surface area (Å²) in [6.45, 7) is 8.18. The van der Waals surface area contributed by atoms with Crippen molar-refractivity contribution < 1.29 is 14.4 Å². The highest BCUT2D eigenvalue weighted by Crippen LogP contribution is 2.45. The molecule has 0 spiro atoms. The smallest absolute Gasteiger partial charge is 0.294 e. The molecule has 1 atom stereocenters. The molecule has 0 aromatic heterocycles. The lowest BCUT2D eigenvalue weighted by Crippen LogP contribution is -2.45. The van der Waals surface area contributed by atoms with E-state index in [2.05, 4.69) is 38.0 Å². The number of hydrogen-bond donors (Lipinski definition) is 1. The molecule has 2 aliphatic heterocycles. The van der Waals surface area contributed by atoms with Crippen molar-refractivity contribution in [3.8, 4) is 0 Å². The molecule has 6 nitrogen and oxygen atoms in total. The number of nitrogens with one attached hydrogen (secondary N) is 1. The van der Waals surface area contributed by atoms with Crippen molar-refractivity contribution in [3.05, 3.63) is 63.0 Å². The summed E-state index contributed by atoms with van der Waals surface area (Å²) in [5, 5.41) is 2.78. The quantitative estimate of drug-likeness (QED) is 0.521. The average Bonchev–Trinajstić information content (AvgIpc) is 3.00. The fourth-order valence-corrected chi connectivity index (χ4v) is 5.60. The summed E-state index contributed by atoms with van der Waals surface area (Å²) in [6.07, 6.45) is 2.64. The molecule has 2 aromatic carbocycles. The second kappa shape index (κ2) is 9.12. The molecule has 2 aliphatic rings. The van der Waals surface area contributed by atoms with Crippen molar-refractivity contribution in [2.45, 2.75) is 45.6 Å². The molecule has 0 aliphatic carbocycles. The number of amides is 3. The van der Waals surface area contributed by atoms with Gasteiger partial charge in [0.15, 0.2) is 0 Å². The van der Waals surface area contributed by atoms with E-state index in [-0.39, 0.29) is 17.0 Å². The first-order valence-corrected chi connectivity index (χ1v) is 12.3. The number of anilines is 2. The van der Waals surface area contributed by atoms with Crippen molar-refractivity contribution in [2.75, 3.05) is 23.8 Å². The minimum Gasteiger partial charge on any atom is -0.369 e. The monoisotopic (exact) mass is 497 g/mol. The van der Waals surface area contributed by atoms with E-state index in [0.717, 1.165) is 39.9 Å². The Balaban J connectivity index is 1.54. The second-order valence-corrected chi connectivity index (χ2v) is 11.0. The standard InChI is InChI=1S/C26H28ClN3O3S/c1-15-7-6-8-18(9-15)28-23(31)14-30-24(32)22(34-25(30)33)11-17-10-19-16(2)13-26(3,4)29(5)21(19)12-20(17)27/h6-12,16H,13-14H2,1-5H3,(H,28,31)/b22-11-/t16-/m1/s1. The van der Waals surface area contributed by atoms with Crippen LogP contribution in [0, 0.1) is 6.92 Å². The molecule has 1 N–H and O–H groups in total. The number of thioether (sulfide) groups is 1. The molecule has 2 heterocycles. The molecule has 3 amide bonds. The summed E-state index contributed by atoms with van der Waals surface area (Å²) in [5.41, 5.74) is 4.56. The van der Waals surface area contributed by atoms with Crippen LogP contribution in [0.15, 0.2) is 41.3 Å². The number of fused-ring (bicyclic) bond motifs is 1. The van der Waals surface area contributed by atoms with Crippen LogP contribution in [-0.2, 0) is 9.59 Å². The number of aryl methyl sites for hydroxylation is 1. The Hall–Kier alpha value is -2.77. The van der Waals surface area contributed by atoms with Crippen LogP contribution in [0.5, 0.6) is 0 Å². The Morgan fingerprint density at radius 2 is 2.00 bits per heavy atom. The molecule has 1 fully saturated rings. The van der Waals surface area contributed by atoms with Crippen LogP contribution in [0.3, 0.4) is 0 Å². The van der Waals surface area contributed by atoms with Gasteiger partial charge in [-0.2, -0.15) is 0 Å². The fraction of sp³-hybridized carbons (Fsp3) is 0.346.